The molecule has 1 aromatic rings. The van der Waals surface area contributed by atoms with Crippen LogP contribution in [-0.2, 0) is 11.2 Å². The van der Waals surface area contributed by atoms with Crippen LogP contribution in [0.2, 0.25) is 0 Å². The minimum absolute atomic E-state index is 0.347. The fraction of sp³-hybridized carbons (Fsp3) is 0.250. The van der Waals surface area contributed by atoms with Gasteiger partial charge in [0.2, 0.25) is 0 Å². The van der Waals surface area contributed by atoms with E-state index in [0.717, 1.165) is 11.8 Å². The van der Waals surface area contributed by atoms with Crippen LogP contribution in [0.5, 0.6) is 0 Å². The second-order valence-corrected chi connectivity index (χ2v) is 4.17. The van der Waals surface area contributed by atoms with E-state index in [4.69, 9.17) is 10.5 Å². The predicted molar refractivity (Wildman–Crippen MR) is 64.1 cm³/mol. The molecule has 0 saturated heterocycles. The minimum atomic E-state index is -0.481. The lowest BCUT2D eigenvalue weighted by molar-refractivity contribution is 0.0599. The van der Waals surface area contributed by atoms with Crippen molar-refractivity contribution in [3.8, 4) is 11.5 Å². The number of carbonyl (C=O) groups excluding carboxylic acids is 1. The number of hydrogen-bond donors (Lipinski definition) is 0. The summed E-state index contributed by atoms with van der Waals surface area (Å²) in [7, 11) is 1.31. The summed E-state index contributed by atoms with van der Waals surface area (Å²) in [5.41, 5.74) is 1.16. The fourth-order valence-corrected chi connectivity index (χ4v) is 1.83. The molecule has 1 atom stereocenters. The number of thiocyanates is 1. The molecule has 0 amide bonds. The topological polar surface area (TPSA) is 73.9 Å². The van der Waals surface area contributed by atoms with Crippen molar-refractivity contribution in [3.63, 3.8) is 0 Å². The van der Waals surface area contributed by atoms with Crippen molar-refractivity contribution in [2.24, 2.45) is 0 Å². The third-order valence-electron chi connectivity index (χ3n) is 2.17. The van der Waals surface area contributed by atoms with Crippen molar-refractivity contribution >= 4 is 17.7 Å². The van der Waals surface area contributed by atoms with Gasteiger partial charge >= 0.3 is 5.97 Å². The van der Waals surface area contributed by atoms with Crippen LogP contribution in [0.1, 0.15) is 15.9 Å². The van der Waals surface area contributed by atoms with E-state index in [-0.39, 0.29) is 0 Å². The smallest absolute Gasteiger partial charge is 0.338 e. The average molecular weight is 246 g/mol. The molecule has 0 aliphatic rings. The molecule has 1 rings (SSSR count). The van der Waals surface area contributed by atoms with Crippen molar-refractivity contribution in [1.29, 1.82) is 10.5 Å². The maximum absolute atomic E-state index is 11.5. The molecule has 0 aromatic heterocycles. The monoisotopic (exact) mass is 246 g/mol. The molecule has 0 fully saturated rings. The van der Waals surface area contributed by atoms with Crippen LogP contribution in [0.25, 0.3) is 0 Å². The van der Waals surface area contributed by atoms with E-state index in [1.54, 1.807) is 24.3 Å². The number of carbonyl (C=O) groups is 1. The Morgan fingerprint density at radius 3 is 2.76 bits per heavy atom. The molecular formula is C12H10N2O2S. The fourth-order valence-electron chi connectivity index (χ4n) is 1.38. The van der Waals surface area contributed by atoms with E-state index in [1.807, 2.05) is 11.5 Å². The molecule has 0 bridgehead atoms. The molecule has 0 heterocycles. The Balaban J connectivity index is 2.95. The first kappa shape index (κ1) is 13.1. The van der Waals surface area contributed by atoms with Gasteiger partial charge in [0.15, 0.2) is 0 Å². The SMILES string of the molecule is COC(=O)c1ccccc1CC(C#N)SC#N. The number of methoxy groups -OCH3 is 1. The predicted octanol–water partition coefficient (Wildman–Crippen LogP) is 2.12. The first-order valence-electron chi connectivity index (χ1n) is 4.83. The van der Waals surface area contributed by atoms with Gasteiger partial charge in [-0.2, -0.15) is 10.5 Å². The van der Waals surface area contributed by atoms with Crippen molar-refractivity contribution in [3.05, 3.63) is 35.4 Å². The second kappa shape index (κ2) is 6.57. The Morgan fingerprint density at radius 1 is 1.47 bits per heavy atom. The zero-order valence-corrected chi connectivity index (χ0v) is 10.0. The Kier molecular flexibility index (Phi) is 5.06. The van der Waals surface area contributed by atoms with E-state index in [0.29, 0.717) is 17.5 Å². The van der Waals surface area contributed by atoms with Gasteiger partial charge in [0.05, 0.1) is 18.7 Å². The lowest BCUT2D eigenvalue weighted by Crippen LogP contribution is -2.10. The Morgan fingerprint density at radius 2 is 2.18 bits per heavy atom. The summed E-state index contributed by atoms with van der Waals surface area (Å²) in [6.45, 7) is 0. The van der Waals surface area contributed by atoms with Crippen LogP contribution >= 0.6 is 11.8 Å². The zero-order valence-electron chi connectivity index (χ0n) is 9.21. The highest BCUT2D eigenvalue weighted by Gasteiger charge is 2.15. The molecule has 86 valence electrons. The summed E-state index contributed by atoms with van der Waals surface area (Å²) in [6.07, 6.45) is 0.347. The number of hydrogen-bond acceptors (Lipinski definition) is 5. The van der Waals surface area contributed by atoms with E-state index < -0.39 is 11.2 Å². The number of benzene rings is 1. The van der Waals surface area contributed by atoms with Gasteiger partial charge in [-0.15, -0.1) is 0 Å². The Bertz CT molecular complexity index is 488. The lowest BCUT2D eigenvalue weighted by Gasteiger charge is -2.08. The number of nitriles is 2. The van der Waals surface area contributed by atoms with Crippen LogP contribution in [0.15, 0.2) is 24.3 Å². The molecule has 0 spiro atoms. The van der Waals surface area contributed by atoms with Gasteiger partial charge in [-0.3, -0.25) is 0 Å². The third-order valence-corrected chi connectivity index (χ3v) is 2.83. The molecule has 17 heavy (non-hydrogen) atoms. The van der Waals surface area contributed by atoms with E-state index in [1.165, 1.54) is 7.11 Å². The van der Waals surface area contributed by atoms with Crippen LogP contribution in [0, 0.1) is 22.0 Å². The second-order valence-electron chi connectivity index (χ2n) is 3.18. The number of rotatable bonds is 4. The van der Waals surface area contributed by atoms with E-state index >= 15 is 0 Å². The summed E-state index contributed by atoms with van der Waals surface area (Å²) in [5, 5.41) is 18.8. The van der Waals surface area contributed by atoms with E-state index in [2.05, 4.69) is 4.74 Å². The maximum Gasteiger partial charge on any atom is 0.338 e. The summed E-state index contributed by atoms with van der Waals surface area (Å²) < 4.78 is 4.66. The maximum atomic E-state index is 11.5. The number of nitrogens with zero attached hydrogens (tertiary/aromatic N) is 2. The van der Waals surface area contributed by atoms with Crippen molar-refractivity contribution in [1.82, 2.24) is 0 Å². The number of esters is 1. The number of thioether (sulfide) groups is 1. The molecule has 0 saturated carbocycles. The van der Waals surface area contributed by atoms with Gasteiger partial charge in [-0.05, 0) is 29.8 Å². The van der Waals surface area contributed by atoms with Gasteiger partial charge in [-0.25, -0.2) is 4.79 Å². The molecule has 1 aromatic carbocycles. The lowest BCUT2D eigenvalue weighted by atomic mass is 10.0. The van der Waals surface area contributed by atoms with Gasteiger partial charge in [0, 0.05) is 0 Å². The van der Waals surface area contributed by atoms with Gasteiger partial charge in [-0.1, -0.05) is 18.2 Å². The van der Waals surface area contributed by atoms with Crippen molar-refractivity contribution < 1.29 is 9.53 Å². The first-order chi connectivity index (χ1) is 8.22. The average Bonchev–Trinajstić information content (AvgIpc) is 2.38. The molecule has 5 heteroatoms. The summed E-state index contributed by atoms with van der Waals surface area (Å²) in [4.78, 5) is 11.5. The van der Waals surface area contributed by atoms with Crippen LogP contribution in [-0.4, -0.2) is 18.3 Å². The number of ether oxygens (including phenoxy) is 1. The summed E-state index contributed by atoms with van der Waals surface area (Å²) >= 11 is 0.892. The summed E-state index contributed by atoms with van der Waals surface area (Å²) in [5.74, 6) is -0.431. The molecule has 0 N–H and O–H groups in total. The highest BCUT2D eigenvalue weighted by molar-refractivity contribution is 8.04. The summed E-state index contributed by atoms with van der Waals surface area (Å²) in [6, 6.07) is 8.94. The van der Waals surface area contributed by atoms with Crippen LogP contribution in [0.4, 0.5) is 0 Å². The highest BCUT2D eigenvalue weighted by atomic mass is 32.2. The highest BCUT2D eigenvalue weighted by Crippen LogP contribution is 2.18. The molecule has 4 nitrogen and oxygen atoms in total. The largest absolute Gasteiger partial charge is 0.465 e. The quantitative estimate of drug-likeness (QED) is 0.601. The van der Waals surface area contributed by atoms with Crippen molar-refractivity contribution in [2.75, 3.05) is 7.11 Å². The van der Waals surface area contributed by atoms with Crippen LogP contribution < -0.4 is 0 Å². The Labute approximate surface area is 104 Å². The molecule has 0 aliphatic heterocycles. The molecular weight excluding hydrogens is 236 g/mol. The minimum Gasteiger partial charge on any atom is -0.465 e. The standard InChI is InChI=1S/C12H10N2O2S/c1-16-12(15)11-5-3-2-4-9(11)6-10(7-13)17-8-14/h2-5,10H,6H2,1H3. The third kappa shape index (κ3) is 3.51. The normalized spacial score (nSPS) is 11.0. The molecule has 1 unspecified atom stereocenters. The van der Waals surface area contributed by atoms with Crippen molar-refractivity contribution in [2.45, 2.75) is 11.7 Å². The molecule has 0 radical (unpaired) electrons. The van der Waals surface area contributed by atoms with Gasteiger partial charge < -0.3 is 4.74 Å². The zero-order chi connectivity index (χ0) is 12.7. The Hall–Kier alpha value is -1.98. The van der Waals surface area contributed by atoms with Gasteiger partial charge in [0.1, 0.15) is 10.7 Å². The van der Waals surface area contributed by atoms with E-state index in [9.17, 15) is 4.79 Å². The van der Waals surface area contributed by atoms with Crippen LogP contribution in [0.3, 0.4) is 0 Å². The first-order valence-corrected chi connectivity index (χ1v) is 5.71. The molecule has 0 aliphatic carbocycles. The van der Waals surface area contributed by atoms with Gasteiger partial charge in [0.25, 0.3) is 0 Å².